The zero-order valence-corrected chi connectivity index (χ0v) is 8.73. The second kappa shape index (κ2) is 4.07. The van der Waals surface area contributed by atoms with E-state index in [1.807, 2.05) is 0 Å². The molecular weight excluding hydrogens is 136 g/mol. The van der Waals surface area contributed by atoms with Crippen LogP contribution in [-0.4, -0.2) is 37.1 Å². The number of likely N-dealkylation sites (N-methyl/N-ethyl adjacent to an activating group) is 1. The van der Waals surface area contributed by atoms with Crippen molar-refractivity contribution in [3.05, 3.63) is 0 Å². The molecule has 11 heavy (non-hydrogen) atoms. The van der Waals surface area contributed by atoms with Gasteiger partial charge in [0.05, 0.1) is 0 Å². The molecule has 1 N–H and O–H groups in total. The van der Waals surface area contributed by atoms with Crippen molar-refractivity contribution in [3.8, 4) is 0 Å². The average molecular weight is 158 g/mol. The van der Waals surface area contributed by atoms with Gasteiger partial charge in [-0.1, -0.05) is 0 Å². The lowest BCUT2D eigenvalue weighted by Gasteiger charge is -2.26. The summed E-state index contributed by atoms with van der Waals surface area (Å²) >= 11 is 0. The fourth-order valence-corrected chi connectivity index (χ4v) is 0.636. The summed E-state index contributed by atoms with van der Waals surface area (Å²) in [6, 6.07) is 0.606. The Morgan fingerprint density at radius 1 is 1.27 bits per heavy atom. The number of nitrogens with one attached hydrogen (secondary N) is 1. The Kier molecular flexibility index (Phi) is 4.04. The number of rotatable bonds is 3. The lowest BCUT2D eigenvalue weighted by molar-refractivity contribution is 0.278. The van der Waals surface area contributed by atoms with Crippen LogP contribution in [0.25, 0.3) is 0 Å². The third kappa shape index (κ3) is 6.32. The highest BCUT2D eigenvalue weighted by atomic mass is 15.1. The topological polar surface area (TPSA) is 15.3 Å². The molecule has 0 amide bonds. The Bertz CT molecular complexity index is 103. The van der Waals surface area contributed by atoms with Gasteiger partial charge >= 0.3 is 0 Å². The summed E-state index contributed by atoms with van der Waals surface area (Å²) in [5.41, 5.74) is 0.240. The first-order valence-corrected chi connectivity index (χ1v) is 4.24. The van der Waals surface area contributed by atoms with Crippen LogP contribution >= 0.6 is 0 Å². The van der Waals surface area contributed by atoms with Crippen molar-refractivity contribution in [1.82, 2.24) is 10.2 Å². The molecule has 0 saturated carbocycles. The van der Waals surface area contributed by atoms with Crippen molar-refractivity contribution in [2.45, 2.75) is 39.3 Å². The molecule has 0 fully saturated rings. The quantitative estimate of drug-likeness (QED) is 0.666. The maximum atomic E-state index is 3.46. The highest BCUT2D eigenvalue weighted by Crippen LogP contribution is 1.99. The predicted molar refractivity (Wildman–Crippen MR) is 50.9 cm³/mol. The molecule has 0 aromatic rings. The van der Waals surface area contributed by atoms with Gasteiger partial charge < -0.3 is 10.2 Å². The molecule has 0 aliphatic heterocycles. The third-order valence-electron chi connectivity index (χ3n) is 1.81. The number of nitrogens with zero attached hydrogens (tertiary/aromatic N) is 1. The highest BCUT2D eigenvalue weighted by Gasteiger charge is 2.11. The fraction of sp³-hybridized carbons (Fsp3) is 1.00. The minimum atomic E-state index is 0.240. The molecule has 0 spiro atoms. The van der Waals surface area contributed by atoms with Gasteiger partial charge in [0, 0.05) is 18.1 Å². The van der Waals surface area contributed by atoms with Gasteiger partial charge in [-0.2, -0.15) is 0 Å². The summed E-state index contributed by atoms with van der Waals surface area (Å²) in [5, 5.41) is 3.46. The van der Waals surface area contributed by atoms with Crippen molar-refractivity contribution >= 4 is 0 Å². The maximum absolute atomic E-state index is 3.46. The molecular formula is C9H22N2. The number of hydrogen-bond acceptors (Lipinski definition) is 2. The third-order valence-corrected chi connectivity index (χ3v) is 1.81. The highest BCUT2D eigenvalue weighted by molar-refractivity contribution is 4.73. The molecule has 0 heterocycles. The van der Waals surface area contributed by atoms with Gasteiger partial charge in [-0.25, -0.2) is 0 Å². The van der Waals surface area contributed by atoms with Crippen LogP contribution in [-0.2, 0) is 0 Å². The SMILES string of the molecule is CC(CNC(C)(C)C)N(C)C. The average Bonchev–Trinajstić information content (AvgIpc) is 1.80. The van der Waals surface area contributed by atoms with Crippen molar-refractivity contribution in [2.24, 2.45) is 0 Å². The van der Waals surface area contributed by atoms with Crippen LogP contribution in [0.3, 0.4) is 0 Å². The van der Waals surface area contributed by atoms with Gasteiger partial charge in [-0.3, -0.25) is 0 Å². The van der Waals surface area contributed by atoms with Crippen LogP contribution in [0.5, 0.6) is 0 Å². The van der Waals surface area contributed by atoms with Gasteiger partial charge in [0.1, 0.15) is 0 Å². The lowest BCUT2D eigenvalue weighted by atomic mass is 10.1. The first-order valence-electron chi connectivity index (χ1n) is 4.24. The second-order valence-electron chi connectivity index (χ2n) is 4.44. The van der Waals surface area contributed by atoms with Crippen LogP contribution in [0.1, 0.15) is 27.7 Å². The Balaban J connectivity index is 3.54. The van der Waals surface area contributed by atoms with Crippen molar-refractivity contribution in [3.63, 3.8) is 0 Å². The molecule has 0 saturated heterocycles. The van der Waals surface area contributed by atoms with E-state index >= 15 is 0 Å². The molecule has 0 aliphatic rings. The van der Waals surface area contributed by atoms with E-state index in [0.717, 1.165) is 6.54 Å². The lowest BCUT2D eigenvalue weighted by Crippen LogP contribution is -2.44. The van der Waals surface area contributed by atoms with Crippen LogP contribution in [0.2, 0.25) is 0 Å². The molecule has 0 aromatic carbocycles. The normalized spacial score (nSPS) is 15.5. The van der Waals surface area contributed by atoms with Gasteiger partial charge in [0.2, 0.25) is 0 Å². The molecule has 0 radical (unpaired) electrons. The Hall–Kier alpha value is -0.0800. The summed E-state index contributed by atoms with van der Waals surface area (Å²) in [4.78, 5) is 2.22. The maximum Gasteiger partial charge on any atom is 0.0186 e. The van der Waals surface area contributed by atoms with E-state index < -0.39 is 0 Å². The van der Waals surface area contributed by atoms with E-state index in [-0.39, 0.29) is 5.54 Å². The Morgan fingerprint density at radius 3 is 2.00 bits per heavy atom. The first kappa shape index (κ1) is 10.9. The van der Waals surface area contributed by atoms with Gasteiger partial charge in [0.15, 0.2) is 0 Å². The summed E-state index contributed by atoms with van der Waals surface area (Å²) in [6.07, 6.45) is 0. The van der Waals surface area contributed by atoms with E-state index in [0.29, 0.717) is 6.04 Å². The fourth-order valence-electron chi connectivity index (χ4n) is 0.636. The van der Waals surface area contributed by atoms with E-state index in [1.165, 1.54) is 0 Å². The molecule has 68 valence electrons. The monoisotopic (exact) mass is 158 g/mol. The summed E-state index contributed by atoms with van der Waals surface area (Å²) in [5.74, 6) is 0. The first-order chi connectivity index (χ1) is 4.83. The molecule has 2 heteroatoms. The minimum Gasteiger partial charge on any atom is -0.311 e. The molecule has 0 aromatic heterocycles. The molecule has 1 unspecified atom stereocenters. The van der Waals surface area contributed by atoms with E-state index in [1.54, 1.807) is 0 Å². The minimum absolute atomic E-state index is 0.240. The zero-order chi connectivity index (χ0) is 9.07. The van der Waals surface area contributed by atoms with Crippen LogP contribution in [0.15, 0.2) is 0 Å². The Labute approximate surface area is 71.0 Å². The van der Waals surface area contributed by atoms with Crippen molar-refractivity contribution in [1.29, 1.82) is 0 Å². The summed E-state index contributed by atoms with van der Waals surface area (Å²) in [6.45, 7) is 9.84. The zero-order valence-electron chi connectivity index (χ0n) is 8.73. The van der Waals surface area contributed by atoms with Crippen LogP contribution in [0.4, 0.5) is 0 Å². The Morgan fingerprint density at radius 2 is 1.73 bits per heavy atom. The standard InChI is InChI=1S/C9H22N2/c1-8(11(5)6)7-10-9(2,3)4/h8,10H,7H2,1-6H3. The number of hydrogen-bond donors (Lipinski definition) is 1. The second-order valence-corrected chi connectivity index (χ2v) is 4.44. The van der Waals surface area contributed by atoms with E-state index in [2.05, 4.69) is 52.0 Å². The molecule has 0 bridgehead atoms. The van der Waals surface area contributed by atoms with Gasteiger partial charge in [-0.05, 0) is 41.8 Å². The van der Waals surface area contributed by atoms with Crippen molar-refractivity contribution < 1.29 is 0 Å². The summed E-state index contributed by atoms with van der Waals surface area (Å²) < 4.78 is 0. The predicted octanol–water partition coefficient (Wildman–Crippen LogP) is 1.32. The molecule has 0 aliphatic carbocycles. The largest absolute Gasteiger partial charge is 0.311 e. The molecule has 1 atom stereocenters. The van der Waals surface area contributed by atoms with Crippen LogP contribution in [0, 0.1) is 0 Å². The molecule has 0 rings (SSSR count). The van der Waals surface area contributed by atoms with Crippen molar-refractivity contribution in [2.75, 3.05) is 20.6 Å². The smallest absolute Gasteiger partial charge is 0.0186 e. The van der Waals surface area contributed by atoms with E-state index in [9.17, 15) is 0 Å². The molecule has 2 nitrogen and oxygen atoms in total. The van der Waals surface area contributed by atoms with Gasteiger partial charge in [-0.15, -0.1) is 0 Å². The summed E-state index contributed by atoms with van der Waals surface area (Å²) in [7, 11) is 4.21. The van der Waals surface area contributed by atoms with Crippen LogP contribution < -0.4 is 5.32 Å². The van der Waals surface area contributed by atoms with Gasteiger partial charge in [0.25, 0.3) is 0 Å². The van der Waals surface area contributed by atoms with E-state index in [4.69, 9.17) is 0 Å².